The SMILES string of the molecule is C=N/C=C(\C=NCCCO)CNC1COCN(/C=C(\N=C)[N+](=O)[O-])C1. The van der Waals surface area contributed by atoms with Crippen LogP contribution in [0.25, 0.3) is 0 Å². The van der Waals surface area contributed by atoms with Crippen LogP contribution in [0.15, 0.2) is 38.8 Å². The van der Waals surface area contributed by atoms with Gasteiger partial charge in [-0.05, 0) is 18.1 Å². The molecule has 0 aromatic carbocycles. The normalized spacial score (nSPS) is 19.2. The third-order valence-corrected chi connectivity index (χ3v) is 3.23. The van der Waals surface area contributed by atoms with E-state index in [-0.39, 0.29) is 25.2 Å². The van der Waals surface area contributed by atoms with Crippen LogP contribution < -0.4 is 5.32 Å². The highest BCUT2D eigenvalue weighted by Gasteiger charge is 2.20. The molecule has 0 aliphatic carbocycles. The minimum atomic E-state index is -0.594. The first-order valence-corrected chi connectivity index (χ1v) is 7.74. The van der Waals surface area contributed by atoms with Gasteiger partial charge in [0.05, 0.1) is 6.61 Å². The van der Waals surface area contributed by atoms with Crippen molar-refractivity contribution in [2.24, 2.45) is 15.0 Å². The van der Waals surface area contributed by atoms with Crippen molar-refractivity contribution in [3.63, 3.8) is 0 Å². The van der Waals surface area contributed by atoms with Crippen LogP contribution in [0.2, 0.25) is 0 Å². The zero-order chi connectivity index (χ0) is 18.5. The summed E-state index contributed by atoms with van der Waals surface area (Å²) in [5, 5.41) is 22.8. The molecule has 0 spiro atoms. The Balaban J connectivity index is 2.56. The van der Waals surface area contributed by atoms with Crippen molar-refractivity contribution in [3.8, 4) is 0 Å². The summed E-state index contributed by atoms with van der Waals surface area (Å²) in [6.45, 7) is 9.02. The first-order valence-electron chi connectivity index (χ1n) is 7.74. The van der Waals surface area contributed by atoms with Gasteiger partial charge in [-0.25, -0.2) is 0 Å². The largest absolute Gasteiger partial charge is 0.396 e. The second-order valence-electron chi connectivity index (χ2n) is 5.25. The van der Waals surface area contributed by atoms with Gasteiger partial charge in [-0.2, -0.15) is 0 Å². The van der Waals surface area contributed by atoms with Crippen LogP contribution in [0.1, 0.15) is 6.42 Å². The molecule has 1 rings (SSSR count). The fourth-order valence-corrected chi connectivity index (χ4v) is 2.07. The van der Waals surface area contributed by atoms with Gasteiger partial charge in [0.25, 0.3) is 0 Å². The van der Waals surface area contributed by atoms with E-state index in [0.717, 1.165) is 5.57 Å². The maximum Gasteiger partial charge on any atom is 0.378 e. The van der Waals surface area contributed by atoms with Gasteiger partial charge in [0.15, 0.2) is 0 Å². The molecule has 10 nitrogen and oxygen atoms in total. The Labute approximate surface area is 146 Å². The van der Waals surface area contributed by atoms with Crippen molar-refractivity contribution in [3.05, 3.63) is 33.9 Å². The molecule has 0 aromatic rings. The number of nitrogens with one attached hydrogen (secondary N) is 1. The molecular formula is C15H24N6O4. The highest BCUT2D eigenvalue weighted by Crippen LogP contribution is 2.07. The van der Waals surface area contributed by atoms with Gasteiger partial charge >= 0.3 is 5.82 Å². The number of aliphatic hydroxyl groups excluding tert-OH is 1. The van der Waals surface area contributed by atoms with E-state index in [1.807, 2.05) is 0 Å². The zero-order valence-electron chi connectivity index (χ0n) is 14.1. The molecule has 1 aliphatic rings. The van der Waals surface area contributed by atoms with E-state index in [2.05, 4.69) is 33.7 Å². The highest BCUT2D eigenvalue weighted by atomic mass is 16.6. The quantitative estimate of drug-likeness (QED) is 0.234. The van der Waals surface area contributed by atoms with Crippen molar-refractivity contribution in [2.45, 2.75) is 12.5 Å². The van der Waals surface area contributed by atoms with Gasteiger partial charge in [0, 0.05) is 50.3 Å². The van der Waals surface area contributed by atoms with Gasteiger partial charge in [-0.15, -0.1) is 0 Å². The summed E-state index contributed by atoms with van der Waals surface area (Å²) in [6, 6.07) is -0.0260. The molecule has 138 valence electrons. The number of rotatable bonds is 11. The van der Waals surface area contributed by atoms with Gasteiger partial charge in [-0.3, -0.25) is 9.98 Å². The average Bonchev–Trinajstić information content (AvgIpc) is 2.61. The van der Waals surface area contributed by atoms with Gasteiger partial charge in [-0.1, -0.05) is 4.99 Å². The molecule has 0 aromatic heterocycles. The molecule has 1 fully saturated rings. The highest BCUT2D eigenvalue weighted by molar-refractivity contribution is 5.79. The topological polar surface area (TPSA) is 125 Å². The van der Waals surface area contributed by atoms with E-state index in [1.54, 1.807) is 17.3 Å². The van der Waals surface area contributed by atoms with Crippen LogP contribution in [0.3, 0.4) is 0 Å². The van der Waals surface area contributed by atoms with Crippen LogP contribution in [-0.2, 0) is 4.74 Å². The first-order chi connectivity index (χ1) is 12.1. The Hall–Kier alpha value is -2.43. The monoisotopic (exact) mass is 352 g/mol. The molecule has 10 heteroatoms. The molecule has 2 N–H and O–H groups in total. The van der Waals surface area contributed by atoms with Crippen molar-refractivity contribution < 1.29 is 14.8 Å². The third kappa shape index (κ3) is 8.29. The van der Waals surface area contributed by atoms with E-state index in [0.29, 0.717) is 32.7 Å². The lowest BCUT2D eigenvalue weighted by atomic mass is 10.2. The Kier molecular flexibility index (Phi) is 9.90. The van der Waals surface area contributed by atoms with E-state index in [1.165, 1.54) is 6.20 Å². The smallest absolute Gasteiger partial charge is 0.378 e. The zero-order valence-corrected chi connectivity index (χ0v) is 14.1. The summed E-state index contributed by atoms with van der Waals surface area (Å²) >= 11 is 0. The van der Waals surface area contributed by atoms with Crippen LogP contribution in [0.4, 0.5) is 0 Å². The van der Waals surface area contributed by atoms with Gasteiger partial charge in [0.2, 0.25) is 0 Å². The van der Waals surface area contributed by atoms with E-state index < -0.39 is 4.92 Å². The third-order valence-electron chi connectivity index (χ3n) is 3.23. The van der Waals surface area contributed by atoms with Gasteiger partial charge in [0.1, 0.15) is 19.6 Å². The van der Waals surface area contributed by atoms with Crippen LogP contribution >= 0.6 is 0 Å². The second-order valence-corrected chi connectivity index (χ2v) is 5.25. The number of nitro groups is 1. The summed E-state index contributed by atoms with van der Waals surface area (Å²) in [6.07, 6.45) is 5.21. The molecule has 1 saturated heterocycles. The summed E-state index contributed by atoms with van der Waals surface area (Å²) in [5.74, 6) is -0.322. The lowest BCUT2D eigenvalue weighted by Crippen LogP contribution is -2.48. The Bertz CT molecular complexity index is 546. The summed E-state index contributed by atoms with van der Waals surface area (Å²) in [5.41, 5.74) is 0.833. The van der Waals surface area contributed by atoms with Gasteiger partial charge < -0.3 is 30.2 Å². The fraction of sp³-hybridized carbons (Fsp3) is 0.533. The molecule has 1 heterocycles. The molecule has 1 atom stereocenters. The van der Waals surface area contributed by atoms with E-state index in [4.69, 9.17) is 9.84 Å². The molecule has 0 amide bonds. The first kappa shape index (κ1) is 20.6. The van der Waals surface area contributed by atoms with Crippen LogP contribution in [-0.4, -0.2) is 80.2 Å². The maximum atomic E-state index is 10.8. The number of hydrogen-bond acceptors (Lipinski definition) is 9. The molecule has 0 radical (unpaired) electrons. The summed E-state index contributed by atoms with van der Waals surface area (Å²) in [4.78, 5) is 23.2. The molecule has 1 aliphatic heterocycles. The predicted octanol–water partition coefficient (Wildman–Crippen LogP) is 0.0482. The maximum absolute atomic E-state index is 10.8. The molecule has 25 heavy (non-hydrogen) atoms. The molecule has 1 unspecified atom stereocenters. The number of nitrogens with zero attached hydrogens (tertiary/aromatic N) is 5. The molecular weight excluding hydrogens is 328 g/mol. The molecule has 0 saturated carbocycles. The van der Waals surface area contributed by atoms with Crippen LogP contribution in [0, 0.1) is 10.1 Å². The Morgan fingerprint density at radius 1 is 1.52 bits per heavy atom. The Morgan fingerprint density at radius 2 is 2.32 bits per heavy atom. The predicted molar refractivity (Wildman–Crippen MR) is 96.6 cm³/mol. The average molecular weight is 352 g/mol. The lowest BCUT2D eigenvalue weighted by molar-refractivity contribution is -0.427. The summed E-state index contributed by atoms with van der Waals surface area (Å²) < 4.78 is 5.44. The number of aliphatic imine (C=N–C) groups is 3. The van der Waals surface area contributed by atoms with Crippen molar-refractivity contribution in [1.82, 2.24) is 10.2 Å². The second kappa shape index (κ2) is 12.0. The summed E-state index contributed by atoms with van der Waals surface area (Å²) in [7, 11) is 0. The van der Waals surface area contributed by atoms with Crippen molar-refractivity contribution >= 4 is 19.6 Å². The minimum absolute atomic E-state index is 0.0260. The minimum Gasteiger partial charge on any atom is -0.396 e. The molecule has 0 bridgehead atoms. The standard InChI is InChI=1S/C15H24N6O4/c1-16-6-13(7-18-4-3-5-22)8-19-14-9-20(12-25-11-14)10-15(17-2)21(23)24/h6-7,10,14,19,22H,1-5,8-9,11-12H2/b13-6+,15-10+,18-7?. The fourth-order valence-electron chi connectivity index (χ4n) is 2.07. The van der Waals surface area contributed by atoms with Crippen LogP contribution in [0.5, 0.6) is 0 Å². The number of hydrogen-bond donors (Lipinski definition) is 2. The van der Waals surface area contributed by atoms with Crippen molar-refractivity contribution in [2.75, 3.05) is 39.6 Å². The van der Waals surface area contributed by atoms with E-state index >= 15 is 0 Å². The lowest BCUT2D eigenvalue weighted by Gasteiger charge is -2.31. The Morgan fingerprint density at radius 3 is 2.96 bits per heavy atom. The van der Waals surface area contributed by atoms with E-state index in [9.17, 15) is 10.1 Å². The van der Waals surface area contributed by atoms with Crippen molar-refractivity contribution in [1.29, 1.82) is 0 Å². The number of aliphatic hydroxyl groups is 1. The number of ether oxygens (including phenoxy) is 1.